The van der Waals surface area contributed by atoms with Crippen molar-refractivity contribution < 1.29 is 14.6 Å². The Kier molecular flexibility index (Phi) is 8.25. The first-order valence-electron chi connectivity index (χ1n) is 13.0. The Labute approximate surface area is 215 Å². The van der Waals surface area contributed by atoms with E-state index in [9.17, 15) is 9.90 Å². The number of nitrogens with zero attached hydrogens (tertiary/aromatic N) is 7. The van der Waals surface area contributed by atoms with Crippen LogP contribution in [0.5, 0.6) is 0 Å². The number of rotatable bonds is 8. The lowest BCUT2D eigenvalue weighted by atomic mass is 9.88. The van der Waals surface area contributed by atoms with Crippen molar-refractivity contribution in [1.82, 2.24) is 30.0 Å². The van der Waals surface area contributed by atoms with Crippen molar-refractivity contribution in [3.8, 4) is 0 Å². The molecule has 11 nitrogen and oxygen atoms in total. The summed E-state index contributed by atoms with van der Waals surface area (Å²) >= 11 is 1.45. The summed E-state index contributed by atoms with van der Waals surface area (Å²) in [5.41, 5.74) is 2.39. The van der Waals surface area contributed by atoms with Crippen molar-refractivity contribution in [2.45, 2.75) is 39.2 Å². The number of ether oxygens (including phenoxy) is 1. The molecule has 0 aromatic carbocycles. The van der Waals surface area contributed by atoms with Crippen LogP contribution in [0.25, 0.3) is 0 Å². The SMILES string of the molecule is CC1CCc2c(nc(N3CCN(CC(=O)N4CCOCC4)CC3)nc2NCCc2nnc(CO)s2)C1. The van der Waals surface area contributed by atoms with Crippen LogP contribution in [-0.4, -0.2) is 107 Å². The third kappa shape index (κ3) is 6.10. The van der Waals surface area contributed by atoms with E-state index in [4.69, 9.17) is 14.7 Å². The van der Waals surface area contributed by atoms with E-state index in [2.05, 4.69) is 32.2 Å². The van der Waals surface area contributed by atoms with E-state index in [1.807, 2.05) is 4.90 Å². The molecule has 0 saturated carbocycles. The van der Waals surface area contributed by atoms with Gasteiger partial charge in [0.05, 0.1) is 32.1 Å². The zero-order chi connectivity index (χ0) is 24.9. The van der Waals surface area contributed by atoms with Crippen molar-refractivity contribution in [1.29, 1.82) is 0 Å². The maximum Gasteiger partial charge on any atom is 0.236 e. The highest BCUT2D eigenvalue weighted by Crippen LogP contribution is 2.30. The van der Waals surface area contributed by atoms with Crippen LogP contribution < -0.4 is 10.2 Å². The van der Waals surface area contributed by atoms with Gasteiger partial charge in [-0.3, -0.25) is 9.69 Å². The average Bonchev–Trinajstić information content (AvgIpc) is 3.37. The number of hydrogen-bond acceptors (Lipinski definition) is 11. The first kappa shape index (κ1) is 25.2. The predicted molar refractivity (Wildman–Crippen MR) is 137 cm³/mol. The van der Waals surface area contributed by atoms with Crippen LogP contribution in [0.15, 0.2) is 0 Å². The Hall–Kier alpha value is -2.41. The molecule has 0 spiro atoms. The van der Waals surface area contributed by atoms with Crippen LogP contribution in [0.1, 0.15) is 34.6 Å². The van der Waals surface area contributed by atoms with Gasteiger partial charge in [-0.05, 0) is 25.2 Å². The molecule has 0 bridgehead atoms. The fraction of sp³-hybridized carbons (Fsp3) is 0.708. The van der Waals surface area contributed by atoms with Crippen LogP contribution in [0.4, 0.5) is 11.8 Å². The van der Waals surface area contributed by atoms with Gasteiger partial charge in [0.2, 0.25) is 11.9 Å². The number of hydrogen-bond donors (Lipinski definition) is 2. The van der Waals surface area contributed by atoms with E-state index in [1.54, 1.807) is 0 Å². The van der Waals surface area contributed by atoms with Gasteiger partial charge < -0.3 is 25.0 Å². The number of anilines is 2. The van der Waals surface area contributed by atoms with Crippen LogP contribution >= 0.6 is 11.3 Å². The number of aromatic nitrogens is 4. The number of carbonyl (C=O) groups excluding carboxylic acids is 1. The lowest BCUT2D eigenvalue weighted by Crippen LogP contribution is -2.52. The average molecular weight is 517 g/mol. The first-order valence-corrected chi connectivity index (χ1v) is 13.8. The quantitative estimate of drug-likeness (QED) is 0.516. The summed E-state index contributed by atoms with van der Waals surface area (Å²) in [6, 6.07) is 0. The normalized spacial score (nSPS) is 20.9. The lowest BCUT2D eigenvalue weighted by molar-refractivity contribution is -0.136. The smallest absolute Gasteiger partial charge is 0.236 e. The molecule has 2 fully saturated rings. The van der Waals surface area contributed by atoms with Crippen molar-refractivity contribution in [2.24, 2.45) is 5.92 Å². The maximum absolute atomic E-state index is 12.6. The highest BCUT2D eigenvalue weighted by Gasteiger charge is 2.27. The highest BCUT2D eigenvalue weighted by molar-refractivity contribution is 7.11. The standard InChI is InChI=1S/C24H36N8O3S/c1-17-2-3-18-19(14-17)26-24(27-23(18)25-5-4-20-28-29-21(16-33)36-20)32-8-6-30(7-9-32)15-22(34)31-10-12-35-13-11-31/h17,33H,2-16H2,1H3,(H,25,26,27). The zero-order valence-corrected chi connectivity index (χ0v) is 21.8. The van der Waals surface area contributed by atoms with E-state index in [0.29, 0.717) is 50.3 Å². The number of aliphatic hydroxyl groups excluding tert-OH is 1. The zero-order valence-electron chi connectivity index (χ0n) is 21.0. The van der Waals surface area contributed by atoms with Crippen LogP contribution in [-0.2, 0) is 35.4 Å². The van der Waals surface area contributed by atoms with E-state index in [-0.39, 0.29) is 12.5 Å². The predicted octanol–water partition coefficient (Wildman–Crippen LogP) is 0.581. The van der Waals surface area contributed by atoms with Gasteiger partial charge in [0, 0.05) is 57.8 Å². The van der Waals surface area contributed by atoms with Crippen molar-refractivity contribution in [2.75, 3.05) is 75.8 Å². The molecule has 5 rings (SSSR count). The monoisotopic (exact) mass is 516 g/mol. The van der Waals surface area contributed by atoms with Gasteiger partial charge >= 0.3 is 0 Å². The van der Waals surface area contributed by atoms with E-state index < -0.39 is 0 Å². The molecule has 2 saturated heterocycles. The summed E-state index contributed by atoms with van der Waals surface area (Å²) in [6.07, 6.45) is 3.85. The minimum absolute atomic E-state index is 0.0688. The van der Waals surface area contributed by atoms with Gasteiger partial charge in [0.25, 0.3) is 0 Å². The molecule has 2 aromatic rings. The fourth-order valence-electron chi connectivity index (χ4n) is 5.01. The number of amides is 1. The molecule has 0 radical (unpaired) electrons. The number of aliphatic hydroxyl groups is 1. The van der Waals surface area contributed by atoms with Gasteiger partial charge in [0.1, 0.15) is 15.8 Å². The molecule has 1 unspecified atom stereocenters. The van der Waals surface area contributed by atoms with Gasteiger partial charge in [-0.25, -0.2) is 4.98 Å². The summed E-state index contributed by atoms with van der Waals surface area (Å²) < 4.78 is 5.36. The molecule has 12 heteroatoms. The Bertz CT molecular complexity index is 1040. The Morgan fingerprint density at radius 1 is 1.11 bits per heavy atom. The summed E-state index contributed by atoms with van der Waals surface area (Å²) in [4.78, 5) is 29.0. The summed E-state index contributed by atoms with van der Waals surface area (Å²) in [6.45, 7) is 9.29. The minimum atomic E-state index is -0.0688. The molecular weight excluding hydrogens is 480 g/mol. The molecule has 196 valence electrons. The highest BCUT2D eigenvalue weighted by atomic mass is 32.1. The second kappa shape index (κ2) is 11.8. The van der Waals surface area contributed by atoms with Gasteiger partial charge in [-0.1, -0.05) is 18.3 Å². The number of piperazine rings is 1. The van der Waals surface area contributed by atoms with Crippen molar-refractivity contribution >= 4 is 29.0 Å². The van der Waals surface area contributed by atoms with Gasteiger partial charge in [-0.2, -0.15) is 4.98 Å². The lowest BCUT2D eigenvalue weighted by Gasteiger charge is -2.36. The number of carbonyl (C=O) groups is 1. The summed E-state index contributed by atoms with van der Waals surface area (Å²) in [5, 5.41) is 22.5. The molecule has 3 aliphatic rings. The van der Waals surface area contributed by atoms with Crippen LogP contribution in [0.2, 0.25) is 0 Å². The van der Waals surface area contributed by atoms with Crippen LogP contribution in [0, 0.1) is 5.92 Å². The second-order valence-electron chi connectivity index (χ2n) is 9.83. The number of fused-ring (bicyclic) bond motifs is 1. The Morgan fingerprint density at radius 2 is 1.89 bits per heavy atom. The van der Waals surface area contributed by atoms with E-state index in [0.717, 1.165) is 74.3 Å². The van der Waals surface area contributed by atoms with E-state index >= 15 is 0 Å². The molecule has 1 aliphatic carbocycles. The first-order chi connectivity index (χ1) is 17.6. The van der Waals surface area contributed by atoms with Gasteiger partial charge in [-0.15, -0.1) is 10.2 Å². The molecule has 4 heterocycles. The Morgan fingerprint density at radius 3 is 2.64 bits per heavy atom. The van der Waals surface area contributed by atoms with E-state index in [1.165, 1.54) is 16.9 Å². The Balaban J connectivity index is 1.21. The van der Waals surface area contributed by atoms with Crippen molar-refractivity contribution in [3.05, 3.63) is 21.3 Å². The van der Waals surface area contributed by atoms with Crippen LogP contribution in [0.3, 0.4) is 0 Å². The molecule has 2 aromatic heterocycles. The topological polar surface area (TPSA) is 120 Å². The molecule has 2 aliphatic heterocycles. The number of nitrogens with one attached hydrogen (secondary N) is 1. The number of morpholine rings is 1. The molecular formula is C24H36N8O3S. The molecule has 36 heavy (non-hydrogen) atoms. The third-order valence-corrected chi connectivity index (χ3v) is 8.13. The summed E-state index contributed by atoms with van der Waals surface area (Å²) in [7, 11) is 0. The maximum atomic E-state index is 12.6. The molecule has 1 atom stereocenters. The largest absolute Gasteiger partial charge is 0.389 e. The minimum Gasteiger partial charge on any atom is -0.389 e. The third-order valence-electron chi connectivity index (χ3n) is 7.16. The molecule has 2 N–H and O–H groups in total. The molecule has 1 amide bonds. The second-order valence-corrected chi connectivity index (χ2v) is 11.0. The van der Waals surface area contributed by atoms with Crippen molar-refractivity contribution in [3.63, 3.8) is 0 Å². The fourth-order valence-corrected chi connectivity index (χ4v) is 5.71. The van der Waals surface area contributed by atoms with Gasteiger partial charge in [0.15, 0.2) is 0 Å². The summed E-state index contributed by atoms with van der Waals surface area (Å²) in [5.74, 6) is 2.52.